The molecule has 30 heavy (non-hydrogen) atoms. The Hall–Kier alpha value is -1.09. The SMILES string of the molecule is CCNC(=NCc1cn(C)nc1C(F)(F)F)NC1CCN(CCS(C)(=O)=O)CC1.I. The second kappa shape index (κ2) is 11.5. The van der Waals surface area contributed by atoms with Crippen molar-refractivity contribution in [2.45, 2.75) is 38.5 Å². The molecule has 2 rings (SSSR count). The number of alkyl halides is 3. The van der Waals surface area contributed by atoms with E-state index >= 15 is 0 Å². The zero-order valence-corrected chi connectivity index (χ0v) is 20.5. The molecule has 1 aromatic rings. The van der Waals surface area contributed by atoms with Crippen molar-refractivity contribution in [3.05, 3.63) is 17.5 Å². The fraction of sp³-hybridized carbons (Fsp3) is 0.765. The summed E-state index contributed by atoms with van der Waals surface area (Å²) in [7, 11) is -1.53. The third kappa shape index (κ3) is 8.96. The largest absolute Gasteiger partial charge is 0.435 e. The number of hydrogen-bond donors (Lipinski definition) is 2. The van der Waals surface area contributed by atoms with Crippen LogP contribution < -0.4 is 10.6 Å². The van der Waals surface area contributed by atoms with Gasteiger partial charge in [0.25, 0.3) is 0 Å². The molecule has 2 N–H and O–H groups in total. The number of aliphatic imine (C=N–C) groups is 1. The minimum absolute atomic E-state index is 0. The molecule has 2 heterocycles. The van der Waals surface area contributed by atoms with E-state index in [2.05, 4.69) is 25.6 Å². The molecule has 0 atom stereocenters. The maximum absolute atomic E-state index is 13.1. The number of sulfone groups is 1. The van der Waals surface area contributed by atoms with Crippen molar-refractivity contribution in [1.29, 1.82) is 0 Å². The van der Waals surface area contributed by atoms with E-state index in [9.17, 15) is 21.6 Å². The van der Waals surface area contributed by atoms with Gasteiger partial charge < -0.3 is 15.5 Å². The standard InChI is InChI=1S/C17H29F3N6O2S.HI/c1-4-21-16(22-11-13-12-25(2)24-15(13)17(18,19)20)23-14-5-7-26(8-6-14)9-10-29(3,27)28;/h12,14H,4-11H2,1-3H3,(H2,21,22,23);1H. The van der Waals surface area contributed by atoms with Gasteiger partial charge in [0, 0.05) is 57.3 Å². The molecule has 0 aliphatic carbocycles. The predicted octanol–water partition coefficient (Wildman–Crippen LogP) is 1.62. The van der Waals surface area contributed by atoms with E-state index in [-0.39, 0.29) is 47.9 Å². The van der Waals surface area contributed by atoms with Gasteiger partial charge in [-0.1, -0.05) is 0 Å². The van der Waals surface area contributed by atoms with E-state index in [1.54, 1.807) is 0 Å². The maximum atomic E-state index is 13.1. The summed E-state index contributed by atoms with van der Waals surface area (Å²) in [4.78, 5) is 6.41. The van der Waals surface area contributed by atoms with Crippen molar-refractivity contribution in [3.8, 4) is 0 Å². The zero-order valence-electron chi connectivity index (χ0n) is 17.4. The van der Waals surface area contributed by atoms with E-state index in [1.807, 2.05) is 6.92 Å². The van der Waals surface area contributed by atoms with Gasteiger partial charge in [-0.15, -0.1) is 24.0 Å². The van der Waals surface area contributed by atoms with Gasteiger partial charge in [-0.05, 0) is 19.8 Å². The number of halogens is 4. The van der Waals surface area contributed by atoms with Gasteiger partial charge in [0.1, 0.15) is 9.84 Å². The van der Waals surface area contributed by atoms with Crippen LogP contribution in [-0.4, -0.2) is 73.3 Å². The predicted molar refractivity (Wildman–Crippen MR) is 121 cm³/mol. The number of nitrogens with zero attached hydrogens (tertiary/aromatic N) is 4. The monoisotopic (exact) mass is 566 g/mol. The van der Waals surface area contributed by atoms with Crippen molar-refractivity contribution in [1.82, 2.24) is 25.3 Å². The number of aromatic nitrogens is 2. The van der Waals surface area contributed by atoms with Crippen molar-refractivity contribution in [3.63, 3.8) is 0 Å². The summed E-state index contributed by atoms with van der Waals surface area (Å²) < 4.78 is 63.0. The lowest BCUT2D eigenvalue weighted by Crippen LogP contribution is -2.49. The molecule has 1 aliphatic heterocycles. The molecule has 8 nitrogen and oxygen atoms in total. The summed E-state index contributed by atoms with van der Waals surface area (Å²) in [5.74, 6) is 0.598. The second-order valence-corrected chi connectivity index (χ2v) is 9.52. The molecular formula is C17H30F3IN6O2S. The maximum Gasteiger partial charge on any atom is 0.435 e. The van der Waals surface area contributed by atoms with Crippen LogP contribution in [0.25, 0.3) is 0 Å². The highest BCUT2D eigenvalue weighted by Crippen LogP contribution is 2.30. The van der Waals surface area contributed by atoms with E-state index in [0.29, 0.717) is 19.0 Å². The normalized spacial score (nSPS) is 16.9. The Morgan fingerprint density at radius 3 is 2.50 bits per heavy atom. The number of likely N-dealkylation sites (tertiary alicyclic amines) is 1. The molecule has 1 fully saturated rings. The number of guanidine groups is 1. The molecule has 13 heteroatoms. The minimum atomic E-state index is -4.52. The second-order valence-electron chi connectivity index (χ2n) is 7.26. The molecule has 0 aromatic carbocycles. The quantitative estimate of drug-likeness (QED) is 0.296. The van der Waals surface area contributed by atoms with E-state index < -0.39 is 21.7 Å². The topological polar surface area (TPSA) is 91.6 Å². The first-order chi connectivity index (χ1) is 13.5. The van der Waals surface area contributed by atoms with Crippen LogP contribution in [0.15, 0.2) is 11.2 Å². The first kappa shape index (κ1) is 26.9. The molecule has 0 radical (unpaired) electrons. The highest BCUT2D eigenvalue weighted by atomic mass is 127. The molecule has 1 aromatic heterocycles. The Labute approximate surface area is 192 Å². The van der Waals surface area contributed by atoms with Crippen LogP contribution >= 0.6 is 24.0 Å². The number of piperidine rings is 1. The first-order valence-corrected chi connectivity index (χ1v) is 11.6. The minimum Gasteiger partial charge on any atom is -0.357 e. The van der Waals surface area contributed by atoms with Crippen molar-refractivity contribution in [2.75, 3.05) is 38.2 Å². The van der Waals surface area contributed by atoms with Crippen LogP contribution in [0.2, 0.25) is 0 Å². The highest BCUT2D eigenvalue weighted by molar-refractivity contribution is 14.0. The van der Waals surface area contributed by atoms with Gasteiger partial charge in [-0.3, -0.25) is 4.68 Å². The van der Waals surface area contributed by atoms with Gasteiger partial charge in [-0.25, -0.2) is 13.4 Å². The van der Waals surface area contributed by atoms with Crippen LogP contribution in [0.5, 0.6) is 0 Å². The molecule has 0 saturated carbocycles. The zero-order chi connectivity index (χ0) is 21.7. The van der Waals surface area contributed by atoms with Gasteiger partial charge in [0.2, 0.25) is 0 Å². The molecule has 0 spiro atoms. The lowest BCUT2D eigenvalue weighted by atomic mass is 10.1. The van der Waals surface area contributed by atoms with Crippen LogP contribution in [0.3, 0.4) is 0 Å². The Morgan fingerprint density at radius 1 is 1.33 bits per heavy atom. The van der Waals surface area contributed by atoms with Crippen LogP contribution in [0.4, 0.5) is 13.2 Å². The molecule has 0 amide bonds. The third-order valence-electron chi connectivity index (χ3n) is 4.63. The van der Waals surface area contributed by atoms with E-state index in [0.717, 1.165) is 30.6 Å². The summed E-state index contributed by atoms with van der Waals surface area (Å²) in [6.45, 7) is 4.36. The summed E-state index contributed by atoms with van der Waals surface area (Å²) in [5.41, 5.74) is -0.897. The summed E-state index contributed by atoms with van der Waals surface area (Å²) in [5, 5.41) is 9.83. The summed E-state index contributed by atoms with van der Waals surface area (Å²) in [6.07, 6.45) is -0.358. The lowest BCUT2D eigenvalue weighted by molar-refractivity contribution is -0.142. The average Bonchev–Trinajstić information content (AvgIpc) is 3.00. The van der Waals surface area contributed by atoms with Crippen molar-refractivity contribution < 1.29 is 21.6 Å². The van der Waals surface area contributed by atoms with Gasteiger partial charge >= 0.3 is 6.18 Å². The molecule has 1 saturated heterocycles. The van der Waals surface area contributed by atoms with Gasteiger partial charge in [0.05, 0.1) is 12.3 Å². The molecular weight excluding hydrogens is 536 g/mol. The first-order valence-electron chi connectivity index (χ1n) is 9.52. The highest BCUT2D eigenvalue weighted by Gasteiger charge is 2.36. The van der Waals surface area contributed by atoms with Gasteiger partial charge in [0.15, 0.2) is 11.7 Å². The lowest BCUT2D eigenvalue weighted by Gasteiger charge is -2.32. The Bertz CT molecular complexity index is 805. The van der Waals surface area contributed by atoms with Crippen LogP contribution in [0.1, 0.15) is 31.0 Å². The summed E-state index contributed by atoms with van der Waals surface area (Å²) >= 11 is 0. The Morgan fingerprint density at radius 2 is 1.97 bits per heavy atom. The smallest absolute Gasteiger partial charge is 0.357 e. The van der Waals surface area contributed by atoms with Crippen molar-refractivity contribution in [2.24, 2.45) is 12.0 Å². The Kier molecular flexibility index (Phi) is 10.3. The number of aryl methyl sites for hydroxylation is 1. The van der Waals surface area contributed by atoms with Crippen LogP contribution in [-0.2, 0) is 29.6 Å². The number of nitrogens with one attached hydrogen (secondary N) is 2. The molecule has 0 bridgehead atoms. The Balaban J connectivity index is 0.00000450. The molecule has 174 valence electrons. The van der Waals surface area contributed by atoms with E-state index in [4.69, 9.17) is 0 Å². The average molecular weight is 566 g/mol. The van der Waals surface area contributed by atoms with Crippen LogP contribution in [0, 0.1) is 0 Å². The summed E-state index contributed by atoms with van der Waals surface area (Å²) in [6, 6.07) is 0.123. The third-order valence-corrected chi connectivity index (χ3v) is 5.56. The van der Waals surface area contributed by atoms with Crippen molar-refractivity contribution >= 4 is 39.8 Å². The van der Waals surface area contributed by atoms with Gasteiger partial charge in [-0.2, -0.15) is 18.3 Å². The number of rotatable bonds is 7. The van der Waals surface area contributed by atoms with E-state index in [1.165, 1.54) is 19.5 Å². The fourth-order valence-electron chi connectivity index (χ4n) is 3.17. The molecule has 0 unspecified atom stereocenters. The fourth-order valence-corrected chi connectivity index (χ4v) is 3.76. The molecule has 1 aliphatic rings. The number of hydrogen-bond acceptors (Lipinski definition) is 5.